The molecule has 144 valence electrons. The molecule has 0 radical (unpaired) electrons. The highest BCUT2D eigenvalue weighted by atomic mass is 35.5. The number of unbranched alkanes of at least 4 members (excludes halogenated alkanes) is 1. The highest BCUT2D eigenvalue weighted by Gasteiger charge is 2.09. The zero-order chi connectivity index (χ0) is 19.9. The second kappa shape index (κ2) is 9.53. The Morgan fingerprint density at radius 1 is 1.11 bits per heavy atom. The molecule has 0 saturated carbocycles. The highest BCUT2D eigenvalue weighted by Crippen LogP contribution is 2.19. The van der Waals surface area contributed by atoms with Crippen LogP contribution in [0.4, 0.5) is 0 Å². The van der Waals surface area contributed by atoms with Crippen LogP contribution in [0.25, 0.3) is 5.69 Å². The molecular formula is C21H19Cl2N3O2. The van der Waals surface area contributed by atoms with Gasteiger partial charge in [-0.3, -0.25) is 4.79 Å². The minimum Gasteiger partial charge on any atom is -0.478 e. The SMILES string of the molecule is CCCCOc1c/c(=N\C(=O)c2cc(Cl)cc(Cl)c2)cnn1-c1ccccc1. The van der Waals surface area contributed by atoms with Gasteiger partial charge in [0.25, 0.3) is 5.91 Å². The smallest absolute Gasteiger partial charge is 0.277 e. The molecule has 0 unspecified atom stereocenters. The van der Waals surface area contributed by atoms with E-state index in [0.717, 1.165) is 18.5 Å². The van der Waals surface area contributed by atoms with Crippen molar-refractivity contribution in [2.45, 2.75) is 19.8 Å². The molecule has 0 fully saturated rings. The normalized spacial score (nSPS) is 11.5. The Morgan fingerprint density at radius 2 is 1.82 bits per heavy atom. The molecule has 3 rings (SSSR count). The van der Waals surface area contributed by atoms with Crippen LogP contribution < -0.4 is 10.1 Å². The Hall–Kier alpha value is -2.63. The second-order valence-electron chi connectivity index (χ2n) is 6.08. The van der Waals surface area contributed by atoms with Crippen LogP contribution in [-0.2, 0) is 0 Å². The predicted octanol–water partition coefficient (Wildman–Crippen LogP) is 5.10. The minimum absolute atomic E-state index is 0.311. The molecule has 5 nitrogen and oxygen atoms in total. The van der Waals surface area contributed by atoms with Gasteiger partial charge in [0.1, 0.15) is 0 Å². The minimum atomic E-state index is -0.455. The summed E-state index contributed by atoms with van der Waals surface area (Å²) in [6.07, 6.45) is 3.44. The molecular weight excluding hydrogens is 397 g/mol. The maximum atomic E-state index is 12.5. The molecule has 7 heteroatoms. The van der Waals surface area contributed by atoms with Crippen LogP contribution in [0.2, 0.25) is 10.0 Å². The summed E-state index contributed by atoms with van der Waals surface area (Å²) in [7, 11) is 0. The summed E-state index contributed by atoms with van der Waals surface area (Å²) in [5.74, 6) is 0.0565. The molecule has 0 saturated heterocycles. The lowest BCUT2D eigenvalue weighted by Gasteiger charge is -2.13. The van der Waals surface area contributed by atoms with Crippen LogP contribution in [-0.4, -0.2) is 22.3 Å². The standard InChI is InChI=1S/C21H19Cl2N3O2/c1-2-3-9-28-20-13-18(14-24-26(20)19-7-5-4-6-8-19)25-21(27)15-10-16(22)12-17(23)11-15/h4-8,10-14H,2-3,9H2,1H3/b25-18+. The number of ether oxygens (including phenoxy) is 1. The Balaban J connectivity index is 1.98. The topological polar surface area (TPSA) is 56.5 Å². The van der Waals surface area contributed by atoms with Gasteiger partial charge in [-0.05, 0) is 36.8 Å². The van der Waals surface area contributed by atoms with E-state index < -0.39 is 5.91 Å². The highest BCUT2D eigenvalue weighted by molar-refractivity contribution is 6.35. The molecule has 0 atom stereocenters. The van der Waals surface area contributed by atoms with E-state index in [1.807, 2.05) is 30.3 Å². The lowest BCUT2D eigenvalue weighted by atomic mass is 10.2. The number of carbonyl (C=O) groups excluding carboxylic acids is 1. The van der Waals surface area contributed by atoms with Crippen molar-refractivity contribution in [2.75, 3.05) is 6.61 Å². The fourth-order valence-corrected chi connectivity index (χ4v) is 3.03. The first kappa shape index (κ1) is 20.1. The molecule has 0 spiro atoms. The lowest BCUT2D eigenvalue weighted by molar-refractivity contribution is 0.0998. The van der Waals surface area contributed by atoms with Gasteiger partial charge in [0.05, 0.1) is 23.8 Å². The van der Waals surface area contributed by atoms with E-state index in [4.69, 9.17) is 27.9 Å². The molecule has 3 aromatic rings. The zero-order valence-electron chi connectivity index (χ0n) is 15.3. The summed E-state index contributed by atoms with van der Waals surface area (Å²) in [6, 6.07) is 15.9. The Labute approximate surface area is 173 Å². The van der Waals surface area contributed by atoms with Gasteiger partial charge in [0.15, 0.2) is 0 Å². The van der Waals surface area contributed by atoms with Gasteiger partial charge < -0.3 is 4.74 Å². The summed E-state index contributed by atoms with van der Waals surface area (Å²) < 4.78 is 7.56. The van der Waals surface area contributed by atoms with Gasteiger partial charge >= 0.3 is 0 Å². The summed E-state index contributed by atoms with van der Waals surface area (Å²) in [5.41, 5.74) is 1.17. The van der Waals surface area contributed by atoms with Gasteiger partial charge in [0, 0.05) is 21.7 Å². The van der Waals surface area contributed by atoms with Crippen molar-refractivity contribution in [1.82, 2.24) is 9.78 Å². The number of hydrogen-bond acceptors (Lipinski definition) is 3. The maximum Gasteiger partial charge on any atom is 0.277 e. The van der Waals surface area contributed by atoms with Crippen LogP contribution in [0.1, 0.15) is 30.1 Å². The van der Waals surface area contributed by atoms with E-state index in [1.54, 1.807) is 16.8 Å². The fourth-order valence-electron chi connectivity index (χ4n) is 2.51. The molecule has 1 heterocycles. The van der Waals surface area contributed by atoms with Crippen molar-refractivity contribution in [3.05, 3.63) is 81.8 Å². The van der Waals surface area contributed by atoms with Gasteiger partial charge in [0.2, 0.25) is 5.88 Å². The molecule has 0 aliphatic carbocycles. The zero-order valence-corrected chi connectivity index (χ0v) is 16.8. The molecule has 0 bridgehead atoms. The Morgan fingerprint density at radius 3 is 2.50 bits per heavy atom. The molecule has 28 heavy (non-hydrogen) atoms. The van der Waals surface area contributed by atoms with Gasteiger partial charge in [-0.25, -0.2) is 9.67 Å². The van der Waals surface area contributed by atoms with Crippen molar-refractivity contribution in [3.63, 3.8) is 0 Å². The third kappa shape index (κ3) is 5.21. The van der Waals surface area contributed by atoms with Crippen molar-refractivity contribution in [2.24, 2.45) is 4.99 Å². The fraction of sp³-hybridized carbons (Fsp3) is 0.190. The quantitative estimate of drug-likeness (QED) is 0.526. The molecule has 0 N–H and O–H groups in total. The number of amides is 1. The van der Waals surface area contributed by atoms with Gasteiger partial charge in [-0.1, -0.05) is 54.7 Å². The van der Waals surface area contributed by atoms with Crippen LogP contribution >= 0.6 is 23.2 Å². The third-order valence-electron chi connectivity index (χ3n) is 3.87. The van der Waals surface area contributed by atoms with E-state index in [2.05, 4.69) is 17.0 Å². The number of para-hydroxylation sites is 1. The number of rotatable bonds is 6. The summed E-state index contributed by atoms with van der Waals surface area (Å²) >= 11 is 11.9. The van der Waals surface area contributed by atoms with E-state index in [0.29, 0.717) is 33.5 Å². The molecule has 1 amide bonds. The third-order valence-corrected chi connectivity index (χ3v) is 4.31. The number of halogens is 2. The number of benzene rings is 2. The first-order valence-corrected chi connectivity index (χ1v) is 9.65. The summed E-state index contributed by atoms with van der Waals surface area (Å²) in [5, 5.41) is 5.55. The Bertz CT molecular complexity index is 1010. The molecule has 0 aliphatic heterocycles. The van der Waals surface area contributed by atoms with Crippen LogP contribution in [0, 0.1) is 0 Å². The number of nitrogens with zero attached hydrogens (tertiary/aromatic N) is 3. The first-order valence-electron chi connectivity index (χ1n) is 8.89. The van der Waals surface area contributed by atoms with E-state index in [9.17, 15) is 4.79 Å². The number of aromatic nitrogens is 2. The monoisotopic (exact) mass is 415 g/mol. The average molecular weight is 416 g/mol. The van der Waals surface area contributed by atoms with Crippen molar-refractivity contribution >= 4 is 29.1 Å². The molecule has 1 aromatic heterocycles. The van der Waals surface area contributed by atoms with E-state index in [-0.39, 0.29) is 0 Å². The van der Waals surface area contributed by atoms with Crippen molar-refractivity contribution in [1.29, 1.82) is 0 Å². The molecule has 0 aliphatic rings. The van der Waals surface area contributed by atoms with Gasteiger partial charge in [-0.15, -0.1) is 0 Å². The largest absolute Gasteiger partial charge is 0.478 e. The van der Waals surface area contributed by atoms with Crippen molar-refractivity contribution < 1.29 is 9.53 Å². The van der Waals surface area contributed by atoms with Crippen LogP contribution in [0.15, 0.2) is 65.8 Å². The van der Waals surface area contributed by atoms with Crippen LogP contribution in [0.5, 0.6) is 5.88 Å². The van der Waals surface area contributed by atoms with E-state index >= 15 is 0 Å². The number of carbonyl (C=O) groups is 1. The second-order valence-corrected chi connectivity index (χ2v) is 6.95. The molecule has 2 aromatic carbocycles. The van der Waals surface area contributed by atoms with Crippen molar-refractivity contribution in [3.8, 4) is 11.6 Å². The van der Waals surface area contributed by atoms with Gasteiger partial charge in [-0.2, -0.15) is 5.10 Å². The predicted molar refractivity (Wildman–Crippen MR) is 110 cm³/mol. The summed E-state index contributed by atoms with van der Waals surface area (Å²) in [4.78, 5) is 16.6. The van der Waals surface area contributed by atoms with Crippen LogP contribution in [0.3, 0.4) is 0 Å². The average Bonchev–Trinajstić information content (AvgIpc) is 2.68. The lowest BCUT2D eigenvalue weighted by Crippen LogP contribution is -2.15. The summed E-state index contributed by atoms with van der Waals surface area (Å²) in [6.45, 7) is 2.64. The van der Waals surface area contributed by atoms with E-state index in [1.165, 1.54) is 18.3 Å². The maximum absolute atomic E-state index is 12.5. The first-order chi connectivity index (χ1) is 13.6. The Kier molecular flexibility index (Phi) is 6.85. The number of hydrogen-bond donors (Lipinski definition) is 0.